The van der Waals surface area contributed by atoms with Gasteiger partial charge in [0.15, 0.2) is 0 Å². The van der Waals surface area contributed by atoms with Crippen molar-refractivity contribution in [2.45, 2.75) is 12.5 Å². The molecule has 0 aromatic rings. The second-order valence-corrected chi connectivity index (χ2v) is 2.05. The molecule has 7 heteroatoms. The molecule has 0 fully saturated rings. The van der Waals surface area contributed by atoms with Crippen molar-refractivity contribution in [1.29, 1.82) is 0 Å². The maximum absolute atomic E-state index is 9.85. The maximum atomic E-state index is 9.85. The Hall–Kier alpha value is -1.89. The predicted octanol–water partition coefficient (Wildman–Crippen LogP) is -1.07. The third-order valence-corrected chi connectivity index (χ3v) is 0.854. The number of aliphatic carboxylic acids is 3. The highest BCUT2D eigenvalue weighted by Crippen LogP contribution is 1.86. The molecular formula is C7H10NO6. The number of rotatable bonds is 4. The number of nitrogens with two attached hydrogens (primary N) is 1. The van der Waals surface area contributed by atoms with Crippen molar-refractivity contribution in [3.05, 3.63) is 12.7 Å². The Labute approximate surface area is 79.5 Å². The van der Waals surface area contributed by atoms with Gasteiger partial charge in [-0.25, -0.2) is 4.79 Å². The summed E-state index contributed by atoms with van der Waals surface area (Å²) in [6.45, 7) is 4.45. The van der Waals surface area contributed by atoms with Crippen molar-refractivity contribution in [3.63, 3.8) is 0 Å². The average Bonchev–Trinajstić information content (AvgIpc) is 2.04. The molecule has 79 valence electrons. The predicted molar refractivity (Wildman–Crippen MR) is 44.4 cm³/mol. The highest BCUT2D eigenvalue weighted by atomic mass is 16.4. The summed E-state index contributed by atoms with van der Waals surface area (Å²) in [6.07, 6.45) is 0.0509. The van der Waals surface area contributed by atoms with Crippen molar-refractivity contribution in [1.82, 2.24) is 0 Å². The summed E-state index contributed by atoms with van der Waals surface area (Å²) in [5.74, 6) is -3.59. The number of carboxylic acids is 3. The van der Waals surface area contributed by atoms with Gasteiger partial charge in [-0.3, -0.25) is 9.59 Å². The molecular weight excluding hydrogens is 194 g/mol. The molecule has 5 N–H and O–H groups in total. The van der Waals surface area contributed by atoms with E-state index < -0.39 is 30.4 Å². The van der Waals surface area contributed by atoms with Crippen LogP contribution in [0.1, 0.15) is 6.42 Å². The molecule has 0 aliphatic carbocycles. The van der Waals surface area contributed by atoms with Gasteiger partial charge in [-0.15, -0.1) is 0 Å². The fourth-order valence-electron chi connectivity index (χ4n) is 0.275. The number of hydrogen-bond donors (Lipinski definition) is 4. The molecule has 0 aliphatic heterocycles. The Morgan fingerprint density at radius 1 is 1.29 bits per heavy atom. The van der Waals surface area contributed by atoms with Crippen molar-refractivity contribution in [2.24, 2.45) is 5.73 Å². The highest BCUT2D eigenvalue weighted by molar-refractivity contribution is 5.80. The number of carbonyl (C=O) groups is 3. The van der Waals surface area contributed by atoms with Crippen molar-refractivity contribution >= 4 is 17.9 Å². The van der Waals surface area contributed by atoms with E-state index in [0.29, 0.717) is 6.08 Å². The lowest BCUT2D eigenvalue weighted by Gasteiger charge is -1.99. The lowest BCUT2D eigenvalue weighted by atomic mass is 10.2. The van der Waals surface area contributed by atoms with Crippen LogP contribution < -0.4 is 5.73 Å². The Kier molecular flexibility index (Phi) is 8.09. The molecule has 14 heavy (non-hydrogen) atoms. The second kappa shape index (κ2) is 7.74. The van der Waals surface area contributed by atoms with E-state index >= 15 is 0 Å². The van der Waals surface area contributed by atoms with Crippen LogP contribution in [0.25, 0.3) is 0 Å². The quantitative estimate of drug-likeness (QED) is 0.428. The zero-order chi connectivity index (χ0) is 11.7. The monoisotopic (exact) mass is 204 g/mol. The van der Waals surface area contributed by atoms with Crippen LogP contribution in [0.5, 0.6) is 0 Å². The first-order valence-electron chi connectivity index (χ1n) is 3.29. The molecule has 0 amide bonds. The fourth-order valence-corrected chi connectivity index (χ4v) is 0.275. The molecule has 0 bridgehead atoms. The summed E-state index contributed by atoms with van der Waals surface area (Å²) in [5.41, 5.74) is 4.84. The van der Waals surface area contributed by atoms with E-state index in [1.54, 1.807) is 0 Å². The zero-order valence-electron chi connectivity index (χ0n) is 7.08. The smallest absolute Gasteiger partial charge is 0.328 e. The van der Waals surface area contributed by atoms with E-state index in [4.69, 9.17) is 21.1 Å². The Morgan fingerprint density at radius 2 is 1.64 bits per heavy atom. The third-order valence-electron chi connectivity index (χ3n) is 0.854. The van der Waals surface area contributed by atoms with Crippen LogP contribution in [0.3, 0.4) is 0 Å². The number of hydrogen-bond acceptors (Lipinski definition) is 4. The van der Waals surface area contributed by atoms with Gasteiger partial charge in [-0.05, 0) is 0 Å². The van der Waals surface area contributed by atoms with E-state index in [-0.39, 0.29) is 0 Å². The molecule has 0 aromatic heterocycles. The van der Waals surface area contributed by atoms with Gasteiger partial charge in [-0.2, -0.15) is 0 Å². The summed E-state index contributed by atoms with van der Waals surface area (Å²) in [5, 5.41) is 23.6. The van der Waals surface area contributed by atoms with E-state index in [9.17, 15) is 14.4 Å². The van der Waals surface area contributed by atoms with Gasteiger partial charge in [0.25, 0.3) is 0 Å². The summed E-state index contributed by atoms with van der Waals surface area (Å²) in [6, 6.07) is -1.29. The molecule has 0 saturated heterocycles. The van der Waals surface area contributed by atoms with Crippen LogP contribution in [0.2, 0.25) is 0 Å². The van der Waals surface area contributed by atoms with Gasteiger partial charge < -0.3 is 21.1 Å². The lowest BCUT2D eigenvalue weighted by Crippen LogP contribution is -2.32. The van der Waals surface area contributed by atoms with E-state index in [1.807, 2.05) is 0 Å². The van der Waals surface area contributed by atoms with Crippen LogP contribution in [0.4, 0.5) is 0 Å². The van der Waals surface area contributed by atoms with Crippen molar-refractivity contribution in [2.75, 3.05) is 0 Å². The van der Waals surface area contributed by atoms with Gasteiger partial charge in [-0.1, -0.05) is 6.58 Å². The summed E-state index contributed by atoms with van der Waals surface area (Å²) in [4.78, 5) is 28.8. The minimum absolute atomic E-state index is 0.532. The molecule has 1 atom stereocenters. The molecule has 0 rings (SSSR count). The fraction of sp³-hybridized carbons (Fsp3) is 0.286. The van der Waals surface area contributed by atoms with Crippen LogP contribution in [-0.4, -0.2) is 39.3 Å². The van der Waals surface area contributed by atoms with Gasteiger partial charge in [0.1, 0.15) is 6.04 Å². The lowest BCUT2D eigenvalue weighted by molar-refractivity contribution is -0.144. The zero-order valence-corrected chi connectivity index (χ0v) is 7.08. The largest absolute Gasteiger partial charge is 0.481 e. The van der Waals surface area contributed by atoms with Gasteiger partial charge >= 0.3 is 17.9 Å². The van der Waals surface area contributed by atoms with E-state index in [2.05, 4.69) is 6.58 Å². The van der Waals surface area contributed by atoms with Crippen LogP contribution in [0, 0.1) is 6.58 Å². The Balaban J connectivity index is 0. The van der Waals surface area contributed by atoms with Crippen molar-refractivity contribution in [3.8, 4) is 0 Å². The molecule has 1 radical (unpaired) electrons. The highest BCUT2D eigenvalue weighted by Gasteiger charge is 2.14. The topological polar surface area (TPSA) is 138 Å². The van der Waals surface area contributed by atoms with E-state index in [1.165, 1.54) is 0 Å². The SMILES string of the molecule is N[C@@H](CC(=O)O)C(=O)O.[CH]=CC(=O)O. The average molecular weight is 204 g/mol. The summed E-state index contributed by atoms with van der Waals surface area (Å²) >= 11 is 0. The standard InChI is InChI=1S/C4H7NO4.C3H3O2/c5-2(4(8)9)1-3(6)7;1-2-3(4)5/h2H,1,5H2,(H,6,7)(H,8,9);1-2H,(H,4,5)/t2-;/m0./s1. The van der Waals surface area contributed by atoms with Gasteiger partial charge in [0.2, 0.25) is 0 Å². The van der Waals surface area contributed by atoms with Crippen LogP contribution in [0.15, 0.2) is 6.08 Å². The minimum Gasteiger partial charge on any atom is -0.481 e. The molecule has 0 unspecified atom stereocenters. The molecule has 0 spiro atoms. The second-order valence-electron chi connectivity index (χ2n) is 2.05. The molecule has 7 nitrogen and oxygen atoms in total. The molecule has 0 aromatic carbocycles. The molecule has 0 saturated carbocycles. The minimum atomic E-state index is -1.29. The first-order valence-corrected chi connectivity index (χ1v) is 3.29. The third kappa shape index (κ3) is 12.8. The first kappa shape index (κ1) is 14.6. The van der Waals surface area contributed by atoms with Gasteiger partial charge in [0, 0.05) is 6.08 Å². The molecule has 0 heterocycles. The van der Waals surface area contributed by atoms with Crippen LogP contribution >= 0.6 is 0 Å². The summed E-state index contributed by atoms with van der Waals surface area (Å²) in [7, 11) is 0. The number of carboxylic acid groups (broad SMARTS) is 3. The Bertz CT molecular complexity index is 236. The van der Waals surface area contributed by atoms with Crippen molar-refractivity contribution < 1.29 is 29.7 Å². The molecule has 0 aliphatic rings. The van der Waals surface area contributed by atoms with Crippen LogP contribution in [-0.2, 0) is 14.4 Å². The maximum Gasteiger partial charge on any atom is 0.328 e. The summed E-state index contributed by atoms with van der Waals surface area (Å²) < 4.78 is 0. The Morgan fingerprint density at radius 3 is 1.71 bits per heavy atom. The normalized spacial score (nSPS) is 10.4. The van der Waals surface area contributed by atoms with Gasteiger partial charge in [0.05, 0.1) is 6.42 Å². The van der Waals surface area contributed by atoms with E-state index in [0.717, 1.165) is 0 Å². The first-order chi connectivity index (χ1) is 6.31.